The first-order valence-corrected chi connectivity index (χ1v) is 11.3. The van der Waals surface area contributed by atoms with Crippen LogP contribution in [0.15, 0.2) is 28.8 Å². The number of carbonyl (C=O) groups is 2. The van der Waals surface area contributed by atoms with Gasteiger partial charge in [-0.3, -0.25) is 9.59 Å². The van der Waals surface area contributed by atoms with Gasteiger partial charge in [0, 0.05) is 31.1 Å². The molecule has 2 amide bonds. The van der Waals surface area contributed by atoms with Gasteiger partial charge in [0.25, 0.3) is 5.91 Å². The third-order valence-corrected chi connectivity index (χ3v) is 6.53. The van der Waals surface area contributed by atoms with Crippen molar-refractivity contribution in [1.82, 2.24) is 15.4 Å². The van der Waals surface area contributed by atoms with Gasteiger partial charge in [-0.25, -0.2) is 0 Å². The molecule has 4 rings (SSSR count). The molecule has 1 saturated heterocycles. The van der Waals surface area contributed by atoms with Crippen LogP contribution in [0.1, 0.15) is 53.4 Å². The standard InChI is InChI=1S/C21H25IN4O4/c22-15-9-12(1-4-18(15)27)10-16(23)21(29)26-7-5-14(6-8-26)24-20(28)17-11-19(30-25-17)13-2-3-13/h1,4,9,11,13-14,16,27H,2-3,5-8,10,23H2,(H,24,28)/t16-/m0/s1. The van der Waals surface area contributed by atoms with Gasteiger partial charge in [-0.15, -0.1) is 0 Å². The molecule has 1 aliphatic carbocycles. The predicted octanol–water partition coefficient (Wildman–Crippen LogP) is 2.15. The number of aromatic nitrogens is 1. The second kappa shape index (κ2) is 8.93. The number of piperidine rings is 1. The minimum atomic E-state index is -0.632. The molecule has 9 heteroatoms. The number of amides is 2. The molecule has 1 saturated carbocycles. The summed E-state index contributed by atoms with van der Waals surface area (Å²) < 4.78 is 5.98. The molecule has 1 aliphatic heterocycles. The van der Waals surface area contributed by atoms with Crippen LogP contribution in [-0.4, -0.2) is 52.2 Å². The van der Waals surface area contributed by atoms with Crippen LogP contribution in [-0.2, 0) is 11.2 Å². The summed E-state index contributed by atoms with van der Waals surface area (Å²) in [5.74, 6) is 1.11. The van der Waals surface area contributed by atoms with Gasteiger partial charge in [-0.05, 0) is 72.4 Å². The van der Waals surface area contributed by atoms with E-state index in [0.29, 0.717) is 44.0 Å². The summed E-state index contributed by atoms with van der Waals surface area (Å²) in [6.07, 6.45) is 3.96. The molecule has 2 heterocycles. The highest BCUT2D eigenvalue weighted by Gasteiger charge is 2.30. The fraction of sp³-hybridized carbons (Fsp3) is 0.476. The lowest BCUT2D eigenvalue weighted by Crippen LogP contribution is -2.51. The van der Waals surface area contributed by atoms with E-state index < -0.39 is 6.04 Å². The van der Waals surface area contributed by atoms with E-state index in [2.05, 4.69) is 10.5 Å². The van der Waals surface area contributed by atoms with Gasteiger partial charge in [0.05, 0.1) is 9.61 Å². The van der Waals surface area contributed by atoms with Crippen molar-refractivity contribution in [2.75, 3.05) is 13.1 Å². The number of nitrogens with two attached hydrogens (primary N) is 1. The number of halogens is 1. The van der Waals surface area contributed by atoms with E-state index in [1.54, 1.807) is 23.1 Å². The van der Waals surface area contributed by atoms with Crippen molar-refractivity contribution >= 4 is 34.4 Å². The van der Waals surface area contributed by atoms with Crippen LogP contribution in [0.5, 0.6) is 5.75 Å². The van der Waals surface area contributed by atoms with Crippen LogP contribution in [0.4, 0.5) is 0 Å². The average Bonchev–Trinajstić information content (AvgIpc) is 3.47. The highest BCUT2D eigenvalue weighted by Crippen LogP contribution is 2.40. The Balaban J connectivity index is 1.25. The lowest BCUT2D eigenvalue weighted by Gasteiger charge is -2.33. The van der Waals surface area contributed by atoms with Crippen molar-refractivity contribution in [3.05, 3.63) is 44.9 Å². The summed E-state index contributed by atoms with van der Waals surface area (Å²) >= 11 is 2.05. The zero-order valence-corrected chi connectivity index (χ0v) is 18.7. The van der Waals surface area contributed by atoms with Crippen molar-refractivity contribution in [2.45, 2.75) is 50.1 Å². The number of rotatable bonds is 6. The fourth-order valence-corrected chi connectivity index (χ4v) is 4.29. The Morgan fingerprint density at radius 2 is 2.00 bits per heavy atom. The van der Waals surface area contributed by atoms with Crippen LogP contribution in [0, 0.1) is 3.57 Å². The number of phenolic OH excluding ortho intramolecular Hbond substituents is 1. The van der Waals surface area contributed by atoms with Gasteiger partial charge in [0.15, 0.2) is 5.69 Å². The quantitative estimate of drug-likeness (QED) is 0.498. The average molecular weight is 524 g/mol. The normalized spacial score (nSPS) is 18.3. The molecule has 30 heavy (non-hydrogen) atoms. The molecule has 1 atom stereocenters. The van der Waals surface area contributed by atoms with E-state index >= 15 is 0 Å². The van der Waals surface area contributed by atoms with E-state index in [1.165, 1.54) is 0 Å². The number of benzene rings is 1. The highest BCUT2D eigenvalue weighted by molar-refractivity contribution is 14.1. The van der Waals surface area contributed by atoms with E-state index in [9.17, 15) is 14.7 Å². The summed E-state index contributed by atoms with van der Waals surface area (Å²) in [6, 6.07) is 6.33. The molecule has 0 spiro atoms. The first-order chi connectivity index (χ1) is 14.4. The van der Waals surface area contributed by atoms with Crippen LogP contribution >= 0.6 is 22.6 Å². The molecular formula is C21H25IN4O4. The Hall–Kier alpha value is -2.14. The topological polar surface area (TPSA) is 122 Å². The number of hydrogen-bond acceptors (Lipinski definition) is 6. The number of hydrogen-bond donors (Lipinski definition) is 3. The second-order valence-electron chi connectivity index (χ2n) is 8.06. The van der Waals surface area contributed by atoms with Gasteiger partial charge < -0.3 is 25.6 Å². The third kappa shape index (κ3) is 4.94. The molecule has 2 fully saturated rings. The third-order valence-electron chi connectivity index (χ3n) is 5.67. The summed E-state index contributed by atoms with van der Waals surface area (Å²) in [5.41, 5.74) is 7.38. The Morgan fingerprint density at radius 1 is 1.27 bits per heavy atom. The van der Waals surface area contributed by atoms with Gasteiger partial charge in [-0.2, -0.15) is 0 Å². The number of carbonyl (C=O) groups excluding carboxylic acids is 2. The summed E-state index contributed by atoms with van der Waals surface area (Å²) in [5, 5.41) is 16.5. The maximum absolute atomic E-state index is 12.7. The van der Waals surface area contributed by atoms with Crippen molar-refractivity contribution in [2.24, 2.45) is 5.73 Å². The molecule has 160 valence electrons. The molecule has 2 aliphatic rings. The highest BCUT2D eigenvalue weighted by atomic mass is 127. The summed E-state index contributed by atoms with van der Waals surface area (Å²) in [4.78, 5) is 26.9. The lowest BCUT2D eigenvalue weighted by molar-refractivity contribution is -0.133. The maximum Gasteiger partial charge on any atom is 0.273 e. The Kier molecular flexibility index (Phi) is 6.28. The second-order valence-corrected chi connectivity index (χ2v) is 9.22. The Bertz CT molecular complexity index is 935. The van der Waals surface area contributed by atoms with E-state index in [-0.39, 0.29) is 23.6 Å². The van der Waals surface area contributed by atoms with Gasteiger partial charge in [0.1, 0.15) is 11.5 Å². The molecule has 1 aromatic carbocycles. The minimum absolute atomic E-state index is 0.00229. The van der Waals surface area contributed by atoms with Crippen LogP contribution < -0.4 is 11.1 Å². The molecule has 2 aromatic rings. The largest absolute Gasteiger partial charge is 0.507 e. The molecular weight excluding hydrogens is 499 g/mol. The van der Waals surface area contributed by atoms with Crippen molar-refractivity contribution in [3.8, 4) is 5.75 Å². The molecule has 1 aromatic heterocycles. The first kappa shape index (κ1) is 21.1. The Labute approximate surface area is 188 Å². The van der Waals surface area contributed by atoms with E-state index in [0.717, 1.165) is 27.7 Å². The monoisotopic (exact) mass is 524 g/mol. The zero-order valence-electron chi connectivity index (χ0n) is 16.5. The maximum atomic E-state index is 12.7. The number of nitrogens with zero attached hydrogens (tertiary/aromatic N) is 2. The molecule has 0 radical (unpaired) electrons. The minimum Gasteiger partial charge on any atom is -0.507 e. The molecule has 0 bridgehead atoms. The number of phenols is 1. The number of aromatic hydroxyl groups is 1. The SMILES string of the molecule is N[C@@H](Cc1ccc(O)c(I)c1)C(=O)N1CCC(NC(=O)c2cc(C3CC3)on2)CC1. The summed E-state index contributed by atoms with van der Waals surface area (Å²) in [7, 11) is 0. The van der Waals surface area contributed by atoms with Crippen molar-refractivity contribution in [1.29, 1.82) is 0 Å². The van der Waals surface area contributed by atoms with E-state index in [1.807, 2.05) is 28.7 Å². The zero-order chi connectivity index (χ0) is 21.3. The van der Waals surface area contributed by atoms with Crippen LogP contribution in [0.2, 0.25) is 0 Å². The lowest BCUT2D eigenvalue weighted by atomic mass is 10.0. The van der Waals surface area contributed by atoms with Crippen LogP contribution in [0.25, 0.3) is 0 Å². The molecule has 0 unspecified atom stereocenters. The van der Waals surface area contributed by atoms with Gasteiger partial charge in [-0.1, -0.05) is 11.2 Å². The van der Waals surface area contributed by atoms with Gasteiger partial charge in [0.2, 0.25) is 5.91 Å². The summed E-state index contributed by atoms with van der Waals surface area (Å²) in [6.45, 7) is 1.10. The number of nitrogens with one attached hydrogen (secondary N) is 1. The van der Waals surface area contributed by atoms with E-state index in [4.69, 9.17) is 10.3 Å². The first-order valence-electron chi connectivity index (χ1n) is 10.2. The Morgan fingerprint density at radius 3 is 2.67 bits per heavy atom. The van der Waals surface area contributed by atoms with Crippen molar-refractivity contribution < 1.29 is 19.2 Å². The predicted molar refractivity (Wildman–Crippen MR) is 118 cm³/mol. The van der Waals surface area contributed by atoms with Gasteiger partial charge >= 0.3 is 0 Å². The van der Waals surface area contributed by atoms with Crippen molar-refractivity contribution in [3.63, 3.8) is 0 Å². The number of likely N-dealkylation sites (tertiary alicyclic amines) is 1. The molecule has 8 nitrogen and oxygen atoms in total. The van der Waals surface area contributed by atoms with Crippen LogP contribution in [0.3, 0.4) is 0 Å². The fourth-order valence-electron chi connectivity index (χ4n) is 3.71. The molecule has 4 N–H and O–H groups in total. The smallest absolute Gasteiger partial charge is 0.273 e.